The minimum Gasteiger partial charge on any atom is -0.489 e. The summed E-state index contributed by atoms with van der Waals surface area (Å²) in [5, 5.41) is 0. The molecule has 3 aromatic carbocycles. The van der Waals surface area contributed by atoms with Crippen LogP contribution in [0.5, 0.6) is 5.75 Å². The van der Waals surface area contributed by atoms with Crippen LogP contribution in [0.2, 0.25) is 0 Å². The molecule has 0 spiro atoms. The molecule has 0 saturated carbocycles. The Morgan fingerprint density at radius 3 is 2.42 bits per heavy atom. The zero-order valence-corrected chi connectivity index (χ0v) is 18.2. The summed E-state index contributed by atoms with van der Waals surface area (Å²) in [6, 6.07) is 22.6. The molecular formula is C27H22FNO4. The van der Waals surface area contributed by atoms with E-state index < -0.39 is 17.7 Å². The molecule has 0 saturated heterocycles. The quantitative estimate of drug-likeness (QED) is 0.384. The molecule has 166 valence electrons. The molecule has 1 amide bonds. The van der Waals surface area contributed by atoms with Gasteiger partial charge in [-0.2, -0.15) is 0 Å². The van der Waals surface area contributed by atoms with E-state index >= 15 is 0 Å². The van der Waals surface area contributed by atoms with E-state index in [0.29, 0.717) is 29.3 Å². The molecule has 0 aliphatic carbocycles. The fourth-order valence-electron chi connectivity index (χ4n) is 3.68. The van der Waals surface area contributed by atoms with Crippen molar-refractivity contribution in [2.75, 3.05) is 12.0 Å². The highest BCUT2D eigenvalue weighted by Crippen LogP contribution is 2.35. The van der Waals surface area contributed by atoms with Crippen LogP contribution in [-0.2, 0) is 20.9 Å². The van der Waals surface area contributed by atoms with Gasteiger partial charge in [-0.05, 0) is 60.5 Å². The number of allylic oxidation sites excluding steroid dienone is 1. The molecule has 0 unspecified atom stereocenters. The number of carbonyl (C=O) groups excluding carboxylic acids is 2. The Labute approximate surface area is 191 Å². The summed E-state index contributed by atoms with van der Waals surface area (Å²) in [6.07, 6.45) is 1.64. The van der Waals surface area contributed by atoms with Gasteiger partial charge in [-0.1, -0.05) is 42.5 Å². The van der Waals surface area contributed by atoms with Gasteiger partial charge in [-0.3, -0.25) is 9.69 Å². The van der Waals surface area contributed by atoms with Crippen LogP contribution in [0, 0.1) is 5.82 Å². The third-order valence-corrected chi connectivity index (χ3v) is 5.29. The predicted octanol–water partition coefficient (Wildman–Crippen LogP) is 5.28. The molecule has 3 aromatic rings. The number of ether oxygens (including phenoxy) is 2. The number of amides is 1. The van der Waals surface area contributed by atoms with Gasteiger partial charge in [-0.25, -0.2) is 9.18 Å². The molecule has 0 bridgehead atoms. The molecular weight excluding hydrogens is 421 g/mol. The van der Waals surface area contributed by atoms with Crippen LogP contribution in [-0.4, -0.2) is 19.0 Å². The van der Waals surface area contributed by atoms with Gasteiger partial charge in [0.1, 0.15) is 18.2 Å². The third-order valence-electron chi connectivity index (χ3n) is 5.29. The first-order valence-corrected chi connectivity index (χ1v) is 10.4. The molecule has 0 N–H and O–H groups in total. The maximum atomic E-state index is 13.4. The zero-order valence-electron chi connectivity index (χ0n) is 18.2. The molecule has 1 aliphatic rings. The summed E-state index contributed by atoms with van der Waals surface area (Å²) in [5.41, 5.74) is 2.98. The smallest absolute Gasteiger partial charge is 0.340 e. The Bertz CT molecular complexity index is 1250. The number of anilines is 1. The van der Waals surface area contributed by atoms with Crippen molar-refractivity contribution in [1.82, 2.24) is 0 Å². The average Bonchev–Trinajstić information content (AvgIpc) is 3.08. The molecule has 1 aliphatic heterocycles. The van der Waals surface area contributed by atoms with Gasteiger partial charge in [0.05, 0.1) is 18.3 Å². The summed E-state index contributed by atoms with van der Waals surface area (Å²) in [5.74, 6) is -0.791. The second kappa shape index (κ2) is 9.53. The van der Waals surface area contributed by atoms with E-state index in [1.807, 2.05) is 48.5 Å². The van der Waals surface area contributed by atoms with E-state index in [1.54, 1.807) is 19.1 Å². The second-order valence-electron chi connectivity index (χ2n) is 7.47. The van der Waals surface area contributed by atoms with Gasteiger partial charge >= 0.3 is 5.97 Å². The predicted molar refractivity (Wildman–Crippen MR) is 124 cm³/mol. The highest BCUT2D eigenvalue weighted by molar-refractivity contribution is 6.23. The molecule has 0 atom stereocenters. The minimum atomic E-state index is -0.617. The van der Waals surface area contributed by atoms with Crippen molar-refractivity contribution in [1.29, 1.82) is 0 Å². The molecule has 1 heterocycles. The van der Waals surface area contributed by atoms with Crippen LogP contribution in [0.1, 0.15) is 18.1 Å². The van der Waals surface area contributed by atoms with E-state index in [1.165, 1.54) is 36.3 Å². The number of methoxy groups -OCH3 is 1. The average molecular weight is 443 g/mol. The number of hydrogen-bond donors (Lipinski definition) is 0. The SMILES string of the molecule is COC(=O)C1=C(C)N(c2ccc(F)cc2)C(=O)/C1=C\c1cccc(OCc2ccccc2)c1. The number of carbonyl (C=O) groups is 2. The fourth-order valence-corrected chi connectivity index (χ4v) is 3.68. The van der Waals surface area contributed by atoms with Crippen LogP contribution in [0.3, 0.4) is 0 Å². The molecule has 5 nitrogen and oxygen atoms in total. The lowest BCUT2D eigenvalue weighted by atomic mass is 10.0. The van der Waals surface area contributed by atoms with Crippen molar-refractivity contribution >= 4 is 23.6 Å². The first kappa shape index (κ1) is 22.0. The molecule has 6 heteroatoms. The van der Waals surface area contributed by atoms with E-state index in [2.05, 4.69) is 0 Å². The van der Waals surface area contributed by atoms with Crippen molar-refractivity contribution in [2.45, 2.75) is 13.5 Å². The third kappa shape index (κ3) is 4.70. The molecule has 33 heavy (non-hydrogen) atoms. The number of nitrogens with zero attached hydrogens (tertiary/aromatic N) is 1. The standard InChI is InChI=1S/C27H22FNO4/c1-18-25(27(31)32-2)24(26(30)29(18)22-13-11-21(28)12-14-22)16-20-9-6-10-23(15-20)33-17-19-7-4-3-5-8-19/h3-16H,17H2,1-2H3/b24-16-. The molecule has 4 rings (SSSR count). The van der Waals surface area contributed by atoms with Gasteiger partial charge in [-0.15, -0.1) is 0 Å². The topological polar surface area (TPSA) is 55.8 Å². The summed E-state index contributed by atoms with van der Waals surface area (Å²) < 4.78 is 24.2. The zero-order chi connectivity index (χ0) is 23.4. The van der Waals surface area contributed by atoms with Crippen molar-refractivity contribution < 1.29 is 23.5 Å². The van der Waals surface area contributed by atoms with Crippen LogP contribution in [0.25, 0.3) is 6.08 Å². The number of rotatable bonds is 6. The van der Waals surface area contributed by atoms with Crippen molar-refractivity contribution in [3.8, 4) is 5.75 Å². The van der Waals surface area contributed by atoms with Gasteiger partial charge in [0.15, 0.2) is 0 Å². The van der Waals surface area contributed by atoms with Crippen molar-refractivity contribution in [3.05, 3.63) is 113 Å². The maximum Gasteiger partial charge on any atom is 0.340 e. The fraction of sp³-hybridized carbons (Fsp3) is 0.111. The highest BCUT2D eigenvalue weighted by atomic mass is 19.1. The van der Waals surface area contributed by atoms with Crippen LogP contribution in [0.4, 0.5) is 10.1 Å². The summed E-state index contributed by atoms with van der Waals surface area (Å²) in [4.78, 5) is 27.2. The van der Waals surface area contributed by atoms with E-state index in [-0.39, 0.29) is 11.1 Å². The summed E-state index contributed by atoms with van der Waals surface area (Å²) in [6.45, 7) is 2.07. The van der Waals surface area contributed by atoms with E-state index in [9.17, 15) is 14.0 Å². The summed E-state index contributed by atoms with van der Waals surface area (Å²) in [7, 11) is 1.27. The summed E-state index contributed by atoms with van der Waals surface area (Å²) >= 11 is 0. The largest absolute Gasteiger partial charge is 0.489 e. The number of hydrogen-bond acceptors (Lipinski definition) is 4. The van der Waals surface area contributed by atoms with Crippen LogP contribution in [0.15, 0.2) is 95.7 Å². The van der Waals surface area contributed by atoms with E-state index in [4.69, 9.17) is 9.47 Å². The Kier molecular flexibility index (Phi) is 6.36. The van der Waals surface area contributed by atoms with E-state index in [0.717, 1.165) is 5.56 Å². The van der Waals surface area contributed by atoms with Gasteiger partial charge in [0.2, 0.25) is 0 Å². The molecule has 0 fully saturated rings. The normalized spacial score (nSPS) is 14.7. The lowest BCUT2D eigenvalue weighted by molar-refractivity contribution is -0.136. The molecule has 0 radical (unpaired) electrons. The highest BCUT2D eigenvalue weighted by Gasteiger charge is 2.37. The first-order valence-electron chi connectivity index (χ1n) is 10.4. The maximum absolute atomic E-state index is 13.4. The van der Waals surface area contributed by atoms with Crippen LogP contribution < -0.4 is 9.64 Å². The first-order chi connectivity index (χ1) is 16.0. The lowest BCUT2D eigenvalue weighted by Gasteiger charge is -2.17. The molecule has 0 aromatic heterocycles. The Balaban J connectivity index is 1.66. The van der Waals surface area contributed by atoms with Crippen molar-refractivity contribution in [3.63, 3.8) is 0 Å². The van der Waals surface area contributed by atoms with Gasteiger partial charge in [0, 0.05) is 11.4 Å². The number of benzene rings is 3. The van der Waals surface area contributed by atoms with Crippen LogP contribution >= 0.6 is 0 Å². The number of halogens is 1. The Morgan fingerprint density at radius 2 is 1.73 bits per heavy atom. The minimum absolute atomic E-state index is 0.169. The van der Waals surface area contributed by atoms with Gasteiger partial charge < -0.3 is 9.47 Å². The second-order valence-corrected chi connectivity index (χ2v) is 7.47. The Morgan fingerprint density at radius 1 is 1.00 bits per heavy atom. The number of esters is 1. The Hall–Kier alpha value is -4.19. The lowest BCUT2D eigenvalue weighted by Crippen LogP contribution is -2.24. The monoisotopic (exact) mass is 443 g/mol. The van der Waals surface area contributed by atoms with Gasteiger partial charge in [0.25, 0.3) is 5.91 Å². The van der Waals surface area contributed by atoms with Crippen molar-refractivity contribution in [2.24, 2.45) is 0 Å².